The van der Waals surface area contributed by atoms with Crippen LogP contribution >= 0.6 is 0 Å². The summed E-state index contributed by atoms with van der Waals surface area (Å²) in [5.41, 5.74) is 10.1. The molecule has 0 bridgehead atoms. The van der Waals surface area contributed by atoms with Crippen molar-refractivity contribution in [1.29, 1.82) is 0 Å². The first-order chi connectivity index (χ1) is 7.66. The topological polar surface area (TPSA) is 46.3 Å². The molecule has 0 atom stereocenters. The first kappa shape index (κ1) is 9.70. The molecule has 2 N–H and O–H groups in total. The lowest BCUT2D eigenvalue weighted by molar-refractivity contribution is -0.119. The van der Waals surface area contributed by atoms with Crippen LogP contribution in [0.15, 0.2) is 12.1 Å². The van der Waals surface area contributed by atoms with Gasteiger partial charge in [-0.3, -0.25) is 4.79 Å². The number of amides is 1. The molecule has 1 aliphatic heterocycles. The van der Waals surface area contributed by atoms with E-state index in [9.17, 15) is 4.79 Å². The normalized spacial score (nSPS) is 18.7. The van der Waals surface area contributed by atoms with E-state index in [1.54, 1.807) is 0 Å². The van der Waals surface area contributed by atoms with Gasteiger partial charge in [-0.05, 0) is 43.4 Å². The largest absolute Gasteiger partial charge is 0.398 e. The summed E-state index contributed by atoms with van der Waals surface area (Å²) in [6.07, 6.45) is 3.09. The van der Waals surface area contributed by atoms with Gasteiger partial charge in [-0.25, -0.2) is 0 Å². The molecule has 1 heterocycles. The van der Waals surface area contributed by atoms with Crippen LogP contribution < -0.4 is 10.6 Å². The van der Waals surface area contributed by atoms with E-state index in [1.165, 1.54) is 5.56 Å². The van der Waals surface area contributed by atoms with E-state index in [0.29, 0.717) is 5.91 Å². The van der Waals surface area contributed by atoms with Gasteiger partial charge in [0.2, 0.25) is 5.91 Å². The molecule has 2 aliphatic rings. The van der Waals surface area contributed by atoms with Crippen LogP contribution in [-0.2, 0) is 11.2 Å². The lowest BCUT2D eigenvalue weighted by atomic mass is 10.1. The SMILES string of the molecule is Cc1cc2c(cc1N)N(C(=O)C1CC1)CC2. The number of nitrogen functional groups attached to an aromatic ring is 1. The third-order valence-corrected chi connectivity index (χ3v) is 3.56. The second kappa shape index (κ2) is 3.24. The van der Waals surface area contributed by atoms with Crippen molar-refractivity contribution in [3.8, 4) is 0 Å². The Morgan fingerprint density at radius 2 is 2.19 bits per heavy atom. The number of nitrogens with zero attached hydrogens (tertiary/aromatic N) is 1. The van der Waals surface area contributed by atoms with Crippen LogP contribution in [0.5, 0.6) is 0 Å². The van der Waals surface area contributed by atoms with E-state index >= 15 is 0 Å². The number of hydrogen-bond donors (Lipinski definition) is 1. The molecule has 1 aliphatic carbocycles. The van der Waals surface area contributed by atoms with Gasteiger partial charge < -0.3 is 10.6 Å². The first-order valence-electron chi connectivity index (χ1n) is 5.87. The third kappa shape index (κ3) is 1.39. The molecule has 1 amide bonds. The quantitative estimate of drug-likeness (QED) is 0.728. The highest BCUT2D eigenvalue weighted by Gasteiger charge is 2.36. The molecule has 0 unspecified atom stereocenters. The van der Waals surface area contributed by atoms with Crippen LogP contribution in [0.4, 0.5) is 11.4 Å². The van der Waals surface area contributed by atoms with Crippen LogP contribution in [0.1, 0.15) is 24.0 Å². The summed E-state index contributed by atoms with van der Waals surface area (Å²) >= 11 is 0. The first-order valence-corrected chi connectivity index (χ1v) is 5.87. The van der Waals surface area contributed by atoms with E-state index in [-0.39, 0.29) is 5.92 Å². The fraction of sp³-hybridized carbons (Fsp3) is 0.462. The van der Waals surface area contributed by atoms with Gasteiger partial charge in [-0.1, -0.05) is 6.07 Å². The molecular weight excluding hydrogens is 200 g/mol. The molecular formula is C13H16N2O. The van der Waals surface area contributed by atoms with Gasteiger partial charge in [0.25, 0.3) is 0 Å². The molecule has 0 saturated heterocycles. The second-order valence-corrected chi connectivity index (χ2v) is 4.85. The average molecular weight is 216 g/mol. The van der Waals surface area contributed by atoms with Gasteiger partial charge in [-0.2, -0.15) is 0 Å². The number of anilines is 2. The van der Waals surface area contributed by atoms with Crippen LogP contribution in [0.3, 0.4) is 0 Å². The lowest BCUT2D eigenvalue weighted by Gasteiger charge is -2.17. The molecule has 3 heteroatoms. The Bertz CT molecular complexity index is 463. The number of nitrogens with two attached hydrogens (primary N) is 1. The molecule has 0 spiro atoms. The summed E-state index contributed by atoms with van der Waals surface area (Å²) in [5.74, 6) is 0.579. The maximum atomic E-state index is 12.1. The molecule has 84 valence electrons. The highest BCUT2D eigenvalue weighted by Crippen LogP contribution is 2.37. The number of aryl methyl sites for hydroxylation is 1. The molecule has 3 rings (SSSR count). The van der Waals surface area contributed by atoms with Crippen LogP contribution in [0.25, 0.3) is 0 Å². The fourth-order valence-corrected chi connectivity index (χ4v) is 2.36. The molecule has 1 aromatic rings. The Morgan fingerprint density at radius 1 is 1.44 bits per heavy atom. The van der Waals surface area contributed by atoms with E-state index in [1.807, 2.05) is 17.9 Å². The third-order valence-electron chi connectivity index (χ3n) is 3.56. The van der Waals surface area contributed by atoms with Crippen molar-refractivity contribution >= 4 is 17.3 Å². The van der Waals surface area contributed by atoms with Crippen molar-refractivity contribution in [2.45, 2.75) is 26.2 Å². The van der Waals surface area contributed by atoms with Gasteiger partial charge in [0.05, 0.1) is 0 Å². The maximum absolute atomic E-state index is 12.1. The summed E-state index contributed by atoms with van der Waals surface area (Å²) in [6, 6.07) is 4.07. The maximum Gasteiger partial charge on any atom is 0.230 e. The van der Waals surface area contributed by atoms with E-state index in [2.05, 4.69) is 6.07 Å². The fourth-order valence-electron chi connectivity index (χ4n) is 2.36. The van der Waals surface area contributed by atoms with Crippen molar-refractivity contribution < 1.29 is 4.79 Å². The van der Waals surface area contributed by atoms with Crippen LogP contribution in [-0.4, -0.2) is 12.5 Å². The molecule has 1 aromatic carbocycles. The van der Waals surface area contributed by atoms with Gasteiger partial charge >= 0.3 is 0 Å². The smallest absolute Gasteiger partial charge is 0.230 e. The zero-order chi connectivity index (χ0) is 11.3. The number of rotatable bonds is 1. The van der Waals surface area contributed by atoms with Gasteiger partial charge in [0.15, 0.2) is 0 Å². The summed E-state index contributed by atoms with van der Waals surface area (Å²) in [5, 5.41) is 0. The average Bonchev–Trinajstić information content (AvgIpc) is 3.02. The summed E-state index contributed by atoms with van der Waals surface area (Å²) in [7, 11) is 0. The molecule has 0 aromatic heterocycles. The Labute approximate surface area is 95.2 Å². The predicted molar refractivity (Wildman–Crippen MR) is 64.4 cm³/mol. The van der Waals surface area contributed by atoms with Gasteiger partial charge in [0, 0.05) is 23.8 Å². The standard InChI is InChI=1S/C13H16N2O/c1-8-6-10-4-5-15(12(10)7-11(8)14)13(16)9-2-3-9/h6-7,9H,2-5,14H2,1H3. The van der Waals surface area contributed by atoms with E-state index in [0.717, 1.165) is 42.7 Å². The zero-order valence-corrected chi connectivity index (χ0v) is 9.49. The summed E-state index contributed by atoms with van der Waals surface area (Å²) in [6.45, 7) is 2.84. The van der Waals surface area contributed by atoms with Crippen molar-refractivity contribution in [2.24, 2.45) is 5.92 Å². The number of fused-ring (bicyclic) bond motifs is 1. The van der Waals surface area contributed by atoms with Crippen molar-refractivity contribution in [3.05, 3.63) is 23.3 Å². The Hall–Kier alpha value is -1.51. The minimum absolute atomic E-state index is 0.286. The Balaban J connectivity index is 1.98. The number of carbonyl (C=O) groups is 1. The van der Waals surface area contributed by atoms with Crippen molar-refractivity contribution in [1.82, 2.24) is 0 Å². The van der Waals surface area contributed by atoms with Crippen molar-refractivity contribution in [3.63, 3.8) is 0 Å². The van der Waals surface area contributed by atoms with E-state index < -0.39 is 0 Å². The Kier molecular flexibility index (Phi) is 1.96. The monoisotopic (exact) mass is 216 g/mol. The van der Waals surface area contributed by atoms with Crippen molar-refractivity contribution in [2.75, 3.05) is 17.2 Å². The van der Waals surface area contributed by atoms with Gasteiger partial charge in [-0.15, -0.1) is 0 Å². The minimum Gasteiger partial charge on any atom is -0.398 e. The lowest BCUT2D eigenvalue weighted by Crippen LogP contribution is -2.30. The summed E-state index contributed by atoms with van der Waals surface area (Å²) < 4.78 is 0. The molecule has 1 saturated carbocycles. The zero-order valence-electron chi connectivity index (χ0n) is 9.49. The minimum atomic E-state index is 0.286. The molecule has 3 nitrogen and oxygen atoms in total. The van der Waals surface area contributed by atoms with Crippen LogP contribution in [0, 0.1) is 12.8 Å². The summed E-state index contributed by atoms with van der Waals surface area (Å²) in [4.78, 5) is 14.0. The highest BCUT2D eigenvalue weighted by molar-refractivity contribution is 5.98. The number of hydrogen-bond acceptors (Lipinski definition) is 2. The van der Waals surface area contributed by atoms with Crippen LogP contribution in [0.2, 0.25) is 0 Å². The van der Waals surface area contributed by atoms with Gasteiger partial charge in [0.1, 0.15) is 0 Å². The number of carbonyl (C=O) groups excluding carboxylic acids is 1. The predicted octanol–water partition coefficient (Wildman–Crippen LogP) is 1.88. The Morgan fingerprint density at radius 3 is 2.88 bits per heavy atom. The molecule has 1 fully saturated rings. The number of benzene rings is 1. The highest BCUT2D eigenvalue weighted by atomic mass is 16.2. The molecule has 0 radical (unpaired) electrons. The molecule has 16 heavy (non-hydrogen) atoms. The van der Waals surface area contributed by atoms with E-state index in [4.69, 9.17) is 5.73 Å². The second-order valence-electron chi connectivity index (χ2n) is 4.85.